The lowest BCUT2D eigenvalue weighted by Crippen LogP contribution is -2.06. The van der Waals surface area contributed by atoms with Crippen LogP contribution in [-0.4, -0.2) is 14.9 Å². The fourth-order valence-corrected chi connectivity index (χ4v) is 1.02. The summed E-state index contributed by atoms with van der Waals surface area (Å²) in [5.74, 6) is 0. The van der Waals surface area contributed by atoms with Crippen LogP contribution in [0.5, 0.6) is 0 Å². The molecule has 1 aromatic heterocycles. The molecule has 1 unspecified atom stereocenters. The molecule has 78 valence electrons. The molecule has 0 saturated heterocycles. The molecule has 0 bridgehead atoms. The topological polar surface area (TPSA) is 38.1 Å². The number of aryl methyl sites for hydroxylation is 1. The molecule has 0 aromatic carbocycles. The van der Waals surface area contributed by atoms with Gasteiger partial charge in [-0.1, -0.05) is 6.08 Å². The molecule has 0 amide bonds. The fourth-order valence-electron chi connectivity index (χ4n) is 1.02. The van der Waals surface area contributed by atoms with Crippen LogP contribution in [0.2, 0.25) is 0 Å². The van der Waals surface area contributed by atoms with Gasteiger partial charge in [0.1, 0.15) is 6.10 Å². The van der Waals surface area contributed by atoms with E-state index in [2.05, 4.69) is 11.7 Å². The Morgan fingerprint density at radius 3 is 2.57 bits per heavy atom. The van der Waals surface area contributed by atoms with Gasteiger partial charge in [0.2, 0.25) is 0 Å². The van der Waals surface area contributed by atoms with Crippen molar-refractivity contribution in [1.29, 1.82) is 0 Å². The van der Waals surface area contributed by atoms with E-state index in [1.54, 1.807) is 0 Å². The van der Waals surface area contributed by atoms with Crippen LogP contribution in [0.25, 0.3) is 0 Å². The Balaban J connectivity index is 3.11. The Morgan fingerprint density at radius 2 is 2.21 bits per heavy atom. The summed E-state index contributed by atoms with van der Waals surface area (Å²) in [5.41, 5.74) is -0.955. The number of hydrogen-bond acceptors (Lipinski definition) is 2. The number of halogens is 3. The zero-order valence-corrected chi connectivity index (χ0v) is 7.41. The standard InChI is InChI=1S/C8H9F3N2O/c1-3-6(14)5-4-7(8(9,10)11)12-13(5)2/h3-4,6,14H,1H2,2H3. The van der Waals surface area contributed by atoms with Gasteiger partial charge in [0, 0.05) is 7.05 Å². The molecular formula is C8H9F3N2O. The maximum atomic E-state index is 12.2. The second-order valence-corrected chi connectivity index (χ2v) is 2.76. The van der Waals surface area contributed by atoms with E-state index >= 15 is 0 Å². The highest BCUT2D eigenvalue weighted by Gasteiger charge is 2.35. The zero-order chi connectivity index (χ0) is 10.9. The Labute approximate surface area is 78.5 Å². The summed E-state index contributed by atoms with van der Waals surface area (Å²) in [7, 11) is 1.33. The number of hydrogen-bond donors (Lipinski definition) is 1. The quantitative estimate of drug-likeness (QED) is 0.747. The van der Waals surface area contributed by atoms with Crippen molar-refractivity contribution in [2.45, 2.75) is 12.3 Å². The van der Waals surface area contributed by atoms with Crippen molar-refractivity contribution in [2.75, 3.05) is 0 Å². The Bertz CT molecular complexity index is 343. The van der Waals surface area contributed by atoms with Crippen molar-refractivity contribution in [3.05, 3.63) is 30.1 Å². The summed E-state index contributed by atoms with van der Waals surface area (Å²) in [6, 6.07) is 0.798. The number of aromatic nitrogens is 2. The first-order valence-corrected chi connectivity index (χ1v) is 3.78. The second-order valence-electron chi connectivity index (χ2n) is 2.76. The third-order valence-electron chi connectivity index (χ3n) is 1.73. The van der Waals surface area contributed by atoms with E-state index in [9.17, 15) is 18.3 Å². The Morgan fingerprint density at radius 1 is 1.64 bits per heavy atom. The van der Waals surface area contributed by atoms with Gasteiger partial charge in [0.25, 0.3) is 0 Å². The lowest BCUT2D eigenvalue weighted by Gasteiger charge is -2.03. The SMILES string of the molecule is C=CC(O)c1cc(C(F)(F)F)nn1C. The summed E-state index contributed by atoms with van der Waals surface area (Å²) < 4.78 is 37.5. The van der Waals surface area contributed by atoms with Crippen molar-refractivity contribution in [3.63, 3.8) is 0 Å². The predicted octanol–water partition coefficient (Wildman–Crippen LogP) is 1.66. The van der Waals surface area contributed by atoms with Crippen LogP contribution in [0.4, 0.5) is 13.2 Å². The number of aliphatic hydroxyl groups excluding tert-OH is 1. The lowest BCUT2D eigenvalue weighted by molar-refractivity contribution is -0.141. The molecule has 0 aliphatic heterocycles. The van der Waals surface area contributed by atoms with Gasteiger partial charge < -0.3 is 5.11 Å². The average molecular weight is 206 g/mol. The van der Waals surface area contributed by atoms with Gasteiger partial charge in [-0.2, -0.15) is 18.3 Å². The van der Waals surface area contributed by atoms with Gasteiger partial charge in [-0.15, -0.1) is 6.58 Å². The molecule has 0 aliphatic carbocycles. The summed E-state index contributed by atoms with van der Waals surface area (Å²) >= 11 is 0. The first-order chi connectivity index (χ1) is 6.36. The summed E-state index contributed by atoms with van der Waals surface area (Å²) in [6.45, 7) is 3.28. The Kier molecular flexibility index (Phi) is 2.66. The van der Waals surface area contributed by atoms with Gasteiger partial charge in [0.15, 0.2) is 5.69 Å². The van der Waals surface area contributed by atoms with Gasteiger partial charge in [0.05, 0.1) is 5.69 Å². The van der Waals surface area contributed by atoms with E-state index < -0.39 is 18.0 Å². The van der Waals surface area contributed by atoms with Crippen LogP contribution in [-0.2, 0) is 13.2 Å². The molecule has 0 aliphatic rings. The van der Waals surface area contributed by atoms with Crippen LogP contribution in [0.3, 0.4) is 0 Å². The van der Waals surface area contributed by atoms with Gasteiger partial charge in [-0.05, 0) is 6.07 Å². The molecular weight excluding hydrogens is 197 g/mol. The van der Waals surface area contributed by atoms with E-state index in [-0.39, 0.29) is 5.69 Å². The van der Waals surface area contributed by atoms with E-state index in [1.807, 2.05) is 0 Å². The highest BCUT2D eigenvalue weighted by molar-refractivity contribution is 5.17. The van der Waals surface area contributed by atoms with E-state index in [0.717, 1.165) is 16.8 Å². The fraction of sp³-hybridized carbons (Fsp3) is 0.375. The third kappa shape index (κ3) is 1.95. The summed E-state index contributed by atoms with van der Waals surface area (Å²) in [6.07, 6.45) is -4.49. The van der Waals surface area contributed by atoms with Gasteiger partial charge >= 0.3 is 6.18 Å². The number of rotatable bonds is 2. The minimum absolute atomic E-state index is 0.0623. The molecule has 14 heavy (non-hydrogen) atoms. The van der Waals surface area contributed by atoms with Gasteiger partial charge in [-0.25, -0.2) is 0 Å². The van der Waals surface area contributed by atoms with Crippen molar-refractivity contribution in [1.82, 2.24) is 9.78 Å². The lowest BCUT2D eigenvalue weighted by atomic mass is 10.2. The van der Waals surface area contributed by atoms with Crippen LogP contribution in [0, 0.1) is 0 Å². The van der Waals surface area contributed by atoms with Crippen molar-refractivity contribution < 1.29 is 18.3 Å². The maximum absolute atomic E-state index is 12.2. The molecule has 1 N–H and O–H groups in total. The van der Waals surface area contributed by atoms with Crippen LogP contribution >= 0.6 is 0 Å². The molecule has 1 aromatic rings. The highest BCUT2D eigenvalue weighted by Crippen LogP contribution is 2.29. The first kappa shape index (κ1) is 10.8. The van der Waals surface area contributed by atoms with Crippen molar-refractivity contribution in [3.8, 4) is 0 Å². The van der Waals surface area contributed by atoms with Crippen LogP contribution < -0.4 is 0 Å². The zero-order valence-electron chi connectivity index (χ0n) is 7.41. The molecule has 1 atom stereocenters. The second kappa shape index (κ2) is 3.45. The molecule has 1 heterocycles. The minimum atomic E-state index is -4.49. The third-order valence-corrected chi connectivity index (χ3v) is 1.73. The normalized spacial score (nSPS) is 14.1. The highest BCUT2D eigenvalue weighted by atomic mass is 19.4. The minimum Gasteiger partial charge on any atom is -0.383 e. The monoisotopic (exact) mass is 206 g/mol. The molecule has 0 spiro atoms. The number of alkyl halides is 3. The molecule has 0 radical (unpaired) electrons. The molecule has 0 saturated carbocycles. The van der Waals surface area contributed by atoms with Crippen molar-refractivity contribution in [2.24, 2.45) is 7.05 Å². The molecule has 3 nitrogen and oxygen atoms in total. The van der Waals surface area contributed by atoms with E-state index in [0.29, 0.717) is 0 Å². The number of aliphatic hydroxyl groups is 1. The average Bonchev–Trinajstić information content (AvgIpc) is 2.45. The Hall–Kier alpha value is -1.30. The first-order valence-electron chi connectivity index (χ1n) is 3.78. The molecule has 1 rings (SSSR count). The van der Waals surface area contributed by atoms with Crippen LogP contribution in [0.15, 0.2) is 18.7 Å². The molecule has 0 fully saturated rings. The summed E-state index contributed by atoms with van der Waals surface area (Å²) in [4.78, 5) is 0. The van der Waals surface area contributed by atoms with Crippen LogP contribution in [0.1, 0.15) is 17.5 Å². The number of nitrogens with zero attached hydrogens (tertiary/aromatic N) is 2. The van der Waals surface area contributed by atoms with Gasteiger partial charge in [-0.3, -0.25) is 4.68 Å². The molecule has 6 heteroatoms. The van der Waals surface area contributed by atoms with E-state index in [4.69, 9.17) is 0 Å². The maximum Gasteiger partial charge on any atom is 0.435 e. The largest absolute Gasteiger partial charge is 0.435 e. The van der Waals surface area contributed by atoms with Crippen molar-refractivity contribution >= 4 is 0 Å². The predicted molar refractivity (Wildman–Crippen MR) is 43.4 cm³/mol. The smallest absolute Gasteiger partial charge is 0.383 e. The van der Waals surface area contributed by atoms with E-state index in [1.165, 1.54) is 7.05 Å². The summed E-state index contributed by atoms with van der Waals surface area (Å²) in [5, 5.41) is 12.5.